The summed E-state index contributed by atoms with van der Waals surface area (Å²) < 4.78 is 10.9. The van der Waals surface area contributed by atoms with Gasteiger partial charge in [-0.2, -0.15) is 0 Å². The van der Waals surface area contributed by atoms with Gasteiger partial charge < -0.3 is 14.5 Å². The molecule has 0 spiro atoms. The van der Waals surface area contributed by atoms with Crippen LogP contribution in [0.15, 0.2) is 28.8 Å². The van der Waals surface area contributed by atoms with Crippen molar-refractivity contribution in [2.24, 2.45) is 5.41 Å². The van der Waals surface area contributed by atoms with Crippen molar-refractivity contribution in [1.29, 1.82) is 0 Å². The maximum Gasteiger partial charge on any atom is 0.258 e. The van der Waals surface area contributed by atoms with Crippen molar-refractivity contribution in [3.8, 4) is 5.75 Å². The number of hydrogen-bond donors (Lipinski definition) is 1. The fourth-order valence-corrected chi connectivity index (χ4v) is 4.68. The average Bonchev–Trinajstić information content (AvgIpc) is 3.09. The van der Waals surface area contributed by atoms with Crippen LogP contribution in [-0.4, -0.2) is 28.8 Å². The van der Waals surface area contributed by atoms with Crippen LogP contribution >= 0.6 is 23.2 Å². The molecule has 3 aliphatic rings. The Bertz CT molecular complexity index is 920. The molecule has 2 bridgehead atoms. The van der Waals surface area contributed by atoms with Crippen molar-refractivity contribution in [2.75, 3.05) is 6.61 Å². The Morgan fingerprint density at radius 2 is 2.00 bits per heavy atom. The fourth-order valence-electron chi connectivity index (χ4n) is 4.40. The van der Waals surface area contributed by atoms with Gasteiger partial charge in [-0.25, -0.2) is 4.98 Å². The summed E-state index contributed by atoms with van der Waals surface area (Å²) in [5.74, 6) is 1.19. The highest BCUT2D eigenvalue weighted by Crippen LogP contribution is 2.69. The summed E-state index contributed by atoms with van der Waals surface area (Å²) in [5.41, 5.74) is -0.220. The van der Waals surface area contributed by atoms with Crippen LogP contribution in [0.25, 0.3) is 0 Å². The number of Topliss-reactive ketones (excluding diaryl/α,β-unsaturated/α-hetero) is 1. The quantitative estimate of drug-likeness (QED) is 0.643. The van der Waals surface area contributed by atoms with Crippen molar-refractivity contribution in [2.45, 2.75) is 44.6 Å². The first-order valence-corrected chi connectivity index (χ1v) is 9.94. The highest BCUT2D eigenvalue weighted by molar-refractivity contribution is 6.42. The summed E-state index contributed by atoms with van der Waals surface area (Å²) in [6.07, 6.45) is 5.02. The van der Waals surface area contributed by atoms with E-state index in [-0.39, 0.29) is 29.3 Å². The van der Waals surface area contributed by atoms with Crippen molar-refractivity contribution in [1.82, 2.24) is 10.3 Å². The molecular formula is C20H20Cl2N2O4. The first-order valence-electron chi connectivity index (χ1n) is 9.19. The van der Waals surface area contributed by atoms with Crippen LogP contribution in [0.4, 0.5) is 0 Å². The normalized spacial score (nSPS) is 24.8. The van der Waals surface area contributed by atoms with E-state index in [1.165, 1.54) is 6.20 Å². The lowest BCUT2D eigenvalue weighted by Gasteiger charge is -2.70. The summed E-state index contributed by atoms with van der Waals surface area (Å²) in [7, 11) is 0. The molecule has 0 radical (unpaired) electrons. The van der Waals surface area contributed by atoms with Crippen LogP contribution in [0.3, 0.4) is 0 Å². The van der Waals surface area contributed by atoms with Crippen LogP contribution < -0.4 is 10.1 Å². The van der Waals surface area contributed by atoms with Gasteiger partial charge >= 0.3 is 0 Å². The van der Waals surface area contributed by atoms with Gasteiger partial charge in [-0.05, 0) is 36.8 Å². The van der Waals surface area contributed by atoms with E-state index in [9.17, 15) is 9.59 Å². The Morgan fingerprint density at radius 1 is 1.25 bits per heavy atom. The number of benzene rings is 1. The van der Waals surface area contributed by atoms with Crippen molar-refractivity contribution in [3.05, 3.63) is 46.1 Å². The molecule has 2 aromatic rings. The zero-order valence-corrected chi connectivity index (χ0v) is 16.9. The number of nitrogens with one attached hydrogen (secondary N) is 1. The third-order valence-corrected chi connectivity index (χ3v) is 6.21. The van der Waals surface area contributed by atoms with Crippen LogP contribution in [0, 0.1) is 5.41 Å². The molecule has 3 saturated carbocycles. The third kappa shape index (κ3) is 3.63. The summed E-state index contributed by atoms with van der Waals surface area (Å²) in [6, 6.07) is 4.86. The Labute approximate surface area is 172 Å². The number of ether oxygens (including phenoxy) is 1. The van der Waals surface area contributed by atoms with E-state index in [4.69, 9.17) is 32.4 Å². The topological polar surface area (TPSA) is 81.4 Å². The second-order valence-corrected chi connectivity index (χ2v) is 8.61. The van der Waals surface area contributed by atoms with Gasteiger partial charge in [-0.1, -0.05) is 30.1 Å². The number of aryl methyl sites for hydroxylation is 1. The number of carbonyl (C=O) groups is 2. The summed E-state index contributed by atoms with van der Waals surface area (Å²) in [4.78, 5) is 28.7. The predicted molar refractivity (Wildman–Crippen MR) is 104 cm³/mol. The van der Waals surface area contributed by atoms with Gasteiger partial charge in [-0.3, -0.25) is 9.59 Å². The van der Waals surface area contributed by atoms with Crippen molar-refractivity contribution < 1.29 is 18.7 Å². The number of rotatable bonds is 8. The minimum atomic E-state index is -0.200. The Kier molecular flexibility index (Phi) is 4.88. The van der Waals surface area contributed by atoms with Crippen LogP contribution in [0.1, 0.15) is 49.1 Å². The molecule has 3 aliphatic carbocycles. The molecule has 28 heavy (non-hydrogen) atoms. The Balaban J connectivity index is 1.23. The minimum Gasteiger partial charge on any atom is -0.484 e. The smallest absolute Gasteiger partial charge is 0.258 e. The minimum absolute atomic E-state index is 0.0187. The molecule has 0 saturated heterocycles. The van der Waals surface area contributed by atoms with Gasteiger partial charge in [0.25, 0.3) is 5.91 Å². The molecule has 148 valence electrons. The Hall–Kier alpha value is -2.05. The van der Waals surface area contributed by atoms with Gasteiger partial charge in [0.15, 0.2) is 24.0 Å². The van der Waals surface area contributed by atoms with Crippen LogP contribution in [0.2, 0.25) is 10.0 Å². The summed E-state index contributed by atoms with van der Waals surface area (Å²) >= 11 is 11.8. The number of carbonyl (C=O) groups excluding carboxylic acids is 2. The first-order chi connectivity index (χ1) is 13.3. The lowest BCUT2D eigenvalue weighted by Crippen LogP contribution is -2.75. The van der Waals surface area contributed by atoms with E-state index >= 15 is 0 Å². The van der Waals surface area contributed by atoms with E-state index in [2.05, 4.69) is 10.3 Å². The van der Waals surface area contributed by atoms with E-state index in [0.717, 1.165) is 19.3 Å². The predicted octanol–water partition coefficient (Wildman–Crippen LogP) is 4.23. The molecule has 1 amide bonds. The number of halogens is 2. The van der Waals surface area contributed by atoms with Crippen molar-refractivity contribution >= 4 is 34.9 Å². The van der Waals surface area contributed by atoms with E-state index in [1.807, 2.05) is 6.92 Å². The zero-order chi connectivity index (χ0) is 19.9. The van der Waals surface area contributed by atoms with Gasteiger partial charge in [0.05, 0.1) is 16.2 Å². The molecule has 1 heterocycles. The monoisotopic (exact) mass is 422 g/mol. The average molecular weight is 423 g/mol. The van der Waals surface area contributed by atoms with Gasteiger partial charge in [-0.15, -0.1) is 0 Å². The molecule has 0 unspecified atom stereocenters. The fraction of sp³-hybridized carbons (Fsp3) is 0.450. The molecule has 0 aliphatic heterocycles. The largest absolute Gasteiger partial charge is 0.484 e. The second-order valence-electron chi connectivity index (χ2n) is 7.80. The van der Waals surface area contributed by atoms with Crippen LogP contribution in [-0.2, 0) is 11.2 Å². The summed E-state index contributed by atoms with van der Waals surface area (Å²) in [5, 5.41) is 3.85. The number of oxazole rings is 1. The molecule has 1 aromatic carbocycles. The number of ketones is 1. The second kappa shape index (κ2) is 7.08. The molecule has 5 rings (SSSR count). The first kappa shape index (κ1) is 19.3. The van der Waals surface area contributed by atoms with E-state index in [1.54, 1.807) is 18.2 Å². The zero-order valence-electron chi connectivity index (χ0n) is 15.4. The summed E-state index contributed by atoms with van der Waals surface area (Å²) in [6.45, 7) is 1.84. The molecule has 1 aromatic heterocycles. The van der Waals surface area contributed by atoms with Gasteiger partial charge in [0.2, 0.25) is 0 Å². The Morgan fingerprint density at radius 3 is 2.64 bits per heavy atom. The SMILES string of the molecule is CCc1ncc(C(=O)CC23CC(NC(=O)COc4ccc(Cl)c(Cl)c4)(C2)C3)o1. The molecule has 6 nitrogen and oxygen atoms in total. The van der Waals surface area contributed by atoms with Gasteiger partial charge in [0, 0.05) is 24.4 Å². The van der Waals surface area contributed by atoms with Crippen molar-refractivity contribution in [3.63, 3.8) is 0 Å². The number of nitrogens with zero attached hydrogens (tertiary/aromatic N) is 1. The number of amides is 1. The van der Waals surface area contributed by atoms with E-state index < -0.39 is 0 Å². The maximum absolute atomic E-state index is 12.4. The maximum atomic E-state index is 12.4. The molecular weight excluding hydrogens is 403 g/mol. The molecule has 0 atom stereocenters. The number of aromatic nitrogens is 1. The molecule has 8 heteroatoms. The molecule has 1 N–H and O–H groups in total. The van der Waals surface area contributed by atoms with E-state index in [0.29, 0.717) is 40.3 Å². The highest BCUT2D eigenvalue weighted by atomic mass is 35.5. The van der Waals surface area contributed by atoms with Gasteiger partial charge in [0.1, 0.15) is 5.75 Å². The third-order valence-electron chi connectivity index (χ3n) is 5.47. The lowest BCUT2D eigenvalue weighted by molar-refractivity contribution is -0.164. The number of hydrogen-bond acceptors (Lipinski definition) is 5. The molecule has 3 fully saturated rings. The standard InChI is InChI=1S/C20H20Cl2N2O4/c1-2-18-23-7-16(28-18)15(25)6-19-9-20(10-19,11-19)24-17(26)8-27-12-3-4-13(21)14(22)5-12/h3-5,7H,2,6,8-11H2,1H3,(H,24,26). The lowest BCUT2D eigenvalue weighted by atomic mass is 9.38. The highest BCUT2D eigenvalue weighted by Gasteiger charge is 2.68. The van der Waals surface area contributed by atoms with Crippen LogP contribution in [0.5, 0.6) is 5.75 Å².